The fourth-order valence-electron chi connectivity index (χ4n) is 3.92. The van der Waals surface area contributed by atoms with E-state index in [-0.39, 0.29) is 5.28 Å². The van der Waals surface area contributed by atoms with Crippen molar-refractivity contribution in [3.8, 4) is 0 Å². The largest absolute Gasteiger partial charge is 0.378 e. The van der Waals surface area contributed by atoms with Gasteiger partial charge in [0.25, 0.3) is 0 Å². The summed E-state index contributed by atoms with van der Waals surface area (Å²) < 4.78 is 31.5. The van der Waals surface area contributed by atoms with E-state index < -0.39 is 10.0 Å². The second-order valence-corrected chi connectivity index (χ2v) is 11.1. The molecule has 11 heteroatoms. The van der Waals surface area contributed by atoms with E-state index in [1.165, 1.54) is 11.1 Å². The van der Waals surface area contributed by atoms with Crippen LogP contribution in [0.15, 0.2) is 6.07 Å². The van der Waals surface area contributed by atoms with Crippen LogP contribution in [0.25, 0.3) is 10.2 Å². The van der Waals surface area contributed by atoms with E-state index >= 15 is 0 Å². The van der Waals surface area contributed by atoms with Crippen LogP contribution in [0, 0.1) is 0 Å². The van der Waals surface area contributed by atoms with Gasteiger partial charge < -0.3 is 9.64 Å². The molecule has 0 aromatic carbocycles. The molecule has 0 aliphatic carbocycles. The summed E-state index contributed by atoms with van der Waals surface area (Å²) in [5, 5.41) is 0.272. The van der Waals surface area contributed by atoms with E-state index in [2.05, 4.69) is 32.8 Å². The number of morpholine rings is 1. The first-order valence-electron chi connectivity index (χ1n) is 9.79. The monoisotopic (exact) mass is 459 g/mol. The Morgan fingerprint density at radius 2 is 1.86 bits per heavy atom. The van der Waals surface area contributed by atoms with Gasteiger partial charge >= 0.3 is 0 Å². The van der Waals surface area contributed by atoms with Crippen molar-refractivity contribution in [1.82, 2.24) is 19.2 Å². The molecule has 0 bridgehead atoms. The average molecular weight is 460 g/mol. The Labute approximate surface area is 180 Å². The lowest BCUT2D eigenvalue weighted by atomic mass is 10.1. The minimum absolute atomic E-state index is 0.272. The number of rotatable bonds is 5. The molecular weight excluding hydrogens is 434 g/mol. The molecule has 2 fully saturated rings. The van der Waals surface area contributed by atoms with E-state index in [0.29, 0.717) is 32.3 Å². The molecule has 4 rings (SSSR count). The Morgan fingerprint density at radius 1 is 1.17 bits per heavy atom. The Kier molecular flexibility index (Phi) is 6.29. The Bertz CT molecular complexity index is 969. The van der Waals surface area contributed by atoms with E-state index in [1.807, 2.05) is 0 Å². The molecule has 0 saturated carbocycles. The van der Waals surface area contributed by atoms with Gasteiger partial charge in [-0.2, -0.15) is 9.29 Å². The average Bonchev–Trinajstić information content (AvgIpc) is 3.09. The first kappa shape index (κ1) is 21.2. The lowest BCUT2D eigenvalue weighted by Gasteiger charge is -2.36. The van der Waals surface area contributed by atoms with Crippen LogP contribution in [-0.2, 0) is 21.2 Å². The third kappa shape index (κ3) is 4.83. The van der Waals surface area contributed by atoms with Gasteiger partial charge in [0.1, 0.15) is 0 Å². The standard InChI is InChI=1S/C18H26ClN5O3S2/c1-13(22-3-5-24(6-4-22)29(2,25)26)11-14-12-15-16(28-14)17(21-18(19)20-15)23-7-9-27-10-8-23/h12-13H,3-11H2,1-2H3. The Hall–Kier alpha value is -1.04. The maximum Gasteiger partial charge on any atom is 0.224 e. The molecule has 2 aromatic heterocycles. The lowest BCUT2D eigenvalue weighted by Crippen LogP contribution is -2.51. The van der Waals surface area contributed by atoms with Gasteiger partial charge in [-0.3, -0.25) is 4.90 Å². The zero-order chi connectivity index (χ0) is 20.6. The number of piperazine rings is 1. The molecule has 29 heavy (non-hydrogen) atoms. The molecular formula is C18H26ClN5O3S2. The van der Waals surface area contributed by atoms with Crippen molar-refractivity contribution in [3.63, 3.8) is 0 Å². The fourth-order valence-corrected chi connectivity index (χ4v) is 6.15. The van der Waals surface area contributed by atoms with Gasteiger partial charge in [0.05, 0.1) is 29.7 Å². The van der Waals surface area contributed by atoms with Crippen molar-refractivity contribution >= 4 is 49.0 Å². The van der Waals surface area contributed by atoms with Gasteiger partial charge in [-0.1, -0.05) is 0 Å². The molecule has 0 spiro atoms. The number of ether oxygens (including phenoxy) is 1. The highest BCUT2D eigenvalue weighted by atomic mass is 35.5. The number of anilines is 1. The minimum Gasteiger partial charge on any atom is -0.378 e. The number of hydrogen-bond acceptors (Lipinski definition) is 8. The highest BCUT2D eigenvalue weighted by Gasteiger charge is 2.26. The second kappa shape index (κ2) is 8.60. The smallest absolute Gasteiger partial charge is 0.224 e. The van der Waals surface area contributed by atoms with Gasteiger partial charge in [-0.15, -0.1) is 11.3 Å². The molecule has 1 unspecified atom stereocenters. The highest BCUT2D eigenvalue weighted by molar-refractivity contribution is 7.88. The lowest BCUT2D eigenvalue weighted by molar-refractivity contribution is 0.122. The Balaban J connectivity index is 1.48. The number of nitrogens with zero attached hydrogens (tertiary/aromatic N) is 5. The topological polar surface area (TPSA) is 78.9 Å². The van der Waals surface area contributed by atoms with E-state index in [9.17, 15) is 8.42 Å². The van der Waals surface area contributed by atoms with Crippen LogP contribution in [0.4, 0.5) is 5.82 Å². The summed E-state index contributed by atoms with van der Waals surface area (Å²) in [5.41, 5.74) is 0.889. The molecule has 2 saturated heterocycles. The highest BCUT2D eigenvalue weighted by Crippen LogP contribution is 2.34. The van der Waals surface area contributed by atoms with Gasteiger partial charge in [-0.25, -0.2) is 13.4 Å². The molecule has 160 valence electrons. The molecule has 2 aliphatic heterocycles. The summed E-state index contributed by atoms with van der Waals surface area (Å²) in [6, 6.07) is 2.43. The maximum absolute atomic E-state index is 11.7. The number of thiophene rings is 1. The van der Waals surface area contributed by atoms with Gasteiger partial charge in [0.2, 0.25) is 15.3 Å². The number of halogens is 1. The first-order chi connectivity index (χ1) is 13.8. The van der Waals surface area contributed by atoms with Crippen molar-refractivity contribution in [2.24, 2.45) is 0 Å². The summed E-state index contributed by atoms with van der Waals surface area (Å²) >= 11 is 7.92. The van der Waals surface area contributed by atoms with Crippen LogP contribution in [0.1, 0.15) is 11.8 Å². The van der Waals surface area contributed by atoms with Gasteiger partial charge in [0, 0.05) is 50.2 Å². The summed E-state index contributed by atoms with van der Waals surface area (Å²) in [6.07, 6.45) is 2.17. The van der Waals surface area contributed by atoms with Crippen LogP contribution in [0.3, 0.4) is 0 Å². The van der Waals surface area contributed by atoms with Crippen LogP contribution in [-0.4, -0.2) is 92.4 Å². The summed E-state index contributed by atoms with van der Waals surface area (Å²) in [7, 11) is -3.10. The summed E-state index contributed by atoms with van der Waals surface area (Å²) in [5.74, 6) is 0.897. The molecule has 2 aromatic rings. The predicted octanol–water partition coefficient (Wildman–Crippen LogP) is 1.69. The van der Waals surface area contributed by atoms with Crippen molar-refractivity contribution in [3.05, 3.63) is 16.2 Å². The molecule has 2 aliphatic rings. The van der Waals surface area contributed by atoms with Crippen molar-refractivity contribution < 1.29 is 13.2 Å². The van der Waals surface area contributed by atoms with Crippen LogP contribution in [0.2, 0.25) is 5.28 Å². The van der Waals surface area contributed by atoms with Crippen LogP contribution >= 0.6 is 22.9 Å². The minimum atomic E-state index is -3.10. The number of fused-ring (bicyclic) bond motifs is 1. The predicted molar refractivity (Wildman–Crippen MR) is 117 cm³/mol. The van der Waals surface area contributed by atoms with Gasteiger partial charge in [-0.05, 0) is 31.0 Å². The van der Waals surface area contributed by atoms with E-state index in [4.69, 9.17) is 16.3 Å². The van der Waals surface area contributed by atoms with E-state index in [1.54, 1.807) is 15.6 Å². The second-order valence-electron chi connectivity index (χ2n) is 7.59. The third-order valence-corrected chi connectivity index (χ3v) is 8.17. The van der Waals surface area contributed by atoms with Gasteiger partial charge in [0.15, 0.2) is 5.82 Å². The van der Waals surface area contributed by atoms with Crippen molar-refractivity contribution in [1.29, 1.82) is 0 Å². The number of aromatic nitrogens is 2. The Morgan fingerprint density at radius 3 is 2.52 bits per heavy atom. The molecule has 1 atom stereocenters. The summed E-state index contributed by atoms with van der Waals surface area (Å²) in [6.45, 7) is 7.80. The first-order valence-corrected chi connectivity index (χ1v) is 12.8. The molecule has 0 N–H and O–H groups in total. The van der Waals surface area contributed by atoms with Crippen molar-refractivity contribution in [2.45, 2.75) is 19.4 Å². The normalized spacial score (nSPS) is 21.0. The SMILES string of the molecule is CC(Cc1cc2nc(Cl)nc(N3CCOCC3)c2s1)N1CCN(S(C)(=O)=O)CC1. The van der Waals surface area contributed by atoms with Crippen LogP contribution < -0.4 is 4.90 Å². The molecule has 0 radical (unpaired) electrons. The third-order valence-electron chi connectivity index (χ3n) is 5.55. The quantitative estimate of drug-likeness (QED) is 0.629. The molecule has 8 nitrogen and oxygen atoms in total. The zero-order valence-corrected chi connectivity index (χ0v) is 19.1. The van der Waals surface area contributed by atoms with Crippen molar-refractivity contribution in [2.75, 3.05) is 63.6 Å². The molecule has 4 heterocycles. The molecule has 0 amide bonds. The maximum atomic E-state index is 11.7. The fraction of sp³-hybridized carbons (Fsp3) is 0.667. The van der Waals surface area contributed by atoms with Crippen LogP contribution in [0.5, 0.6) is 0 Å². The number of sulfonamides is 1. The van der Waals surface area contributed by atoms with E-state index in [0.717, 1.165) is 48.6 Å². The summed E-state index contributed by atoms with van der Waals surface area (Å²) in [4.78, 5) is 14.7. The number of hydrogen-bond donors (Lipinski definition) is 0. The zero-order valence-electron chi connectivity index (χ0n) is 16.7.